The van der Waals surface area contributed by atoms with Gasteiger partial charge in [-0.15, -0.1) is 0 Å². The third-order valence-electron chi connectivity index (χ3n) is 11.8. The maximum absolute atomic E-state index is 13.9. The fourth-order valence-corrected chi connectivity index (χ4v) is 9.70. The molecule has 2 N–H and O–H groups in total. The van der Waals surface area contributed by atoms with Gasteiger partial charge in [-0.3, -0.25) is 14.4 Å². The molecule has 0 radical (unpaired) electrons. The van der Waals surface area contributed by atoms with Crippen LogP contribution in [-0.4, -0.2) is 104 Å². The fraction of sp³-hybridized carbons (Fsp3) is 0.541. The monoisotopic (exact) mass is 702 g/mol. The lowest BCUT2D eigenvalue weighted by Crippen LogP contribution is -2.52. The van der Waals surface area contributed by atoms with Gasteiger partial charge in [0.2, 0.25) is 0 Å². The summed E-state index contributed by atoms with van der Waals surface area (Å²) in [4.78, 5) is 45.4. The summed E-state index contributed by atoms with van der Waals surface area (Å²) in [6.45, 7) is 3.58. The molecule has 1 aromatic carbocycles. The van der Waals surface area contributed by atoms with E-state index in [2.05, 4.69) is 31.6 Å². The zero-order chi connectivity index (χ0) is 34.9. The standard InChI is InChI=1S/C37H46N6O6S/c1-40(2)50(47,48)39-35(44)33-27-21-43-29(20-26-30(49-3)13-12-24(34(26)43)22-8-5-4-6-9-22)32-25(31(27)33)10-7-11-28(32)38-36(45)37(46)42-19-18-41-16-14-23(42)15-17-41/h7,10,12-13,20,22-23,28,32H,4-6,8-9,11,14-19,21H2,1-3H3,(H,38,45)(H,39,44)/t28-,32?/m1/s1. The van der Waals surface area contributed by atoms with Crippen LogP contribution in [0.2, 0.25) is 0 Å². The van der Waals surface area contributed by atoms with Gasteiger partial charge in [0.25, 0.3) is 5.91 Å². The largest absolute Gasteiger partial charge is 0.496 e. The van der Waals surface area contributed by atoms with Crippen LogP contribution in [0.5, 0.6) is 5.75 Å². The zero-order valence-electron chi connectivity index (χ0n) is 29.0. The van der Waals surface area contributed by atoms with Crippen molar-refractivity contribution in [3.05, 3.63) is 63.9 Å². The number of hydrogen-bond acceptors (Lipinski definition) is 7. The number of amides is 3. The second kappa shape index (κ2) is 12.7. The highest BCUT2D eigenvalue weighted by Crippen LogP contribution is 2.54. The number of allylic oxidation sites excluding steroid dienone is 2. The van der Waals surface area contributed by atoms with E-state index in [4.69, 9.17) is 4.74 Å². The van der Waals surface area contributed by atoms with Gasteiger partial charge in [0.15, 0.2) is 0 Å². The van der Waals surface area contributed by atoms with Crippen molar-refractivity contribution in [1.29, 1.82) is 0 Å². The summed E-state index contributed by atoms with van der Waals surface area (Å²) in [5, 5.41) is 4.13. The van der Waals surface area contributed by atoms with Gasteiger partial charge in [0.1, 0.15) is 5.75 Å². The van der Waals surface area contributed by atoms with Crippen molar-refractivity contribution >= 4 is 38.8 Å². The third-order valence-corrected chi connectivity index (χ3v) is 13.2. The van der Waals surface area contributed by atoms with Crippen LogP contribution in [0.4, 0.5) is 0 Å². The number of ether oxygens (including phenoxy) is 1. The van der Waals surface area contributed by atoms with E-state index in [1.54, 1.807) is 12.0 Å². The van der Waals surface area contributed by atoms with E-state index in [-0.39, 0.29) is 12.0 Å². The lowest BCUT2D eigenvalue weighted by molar-refractivity contribution is -0.147. The number of nitrogens with one attached hydrogen (secondary N) is 2. The molecule has 2 bridgehead atoms. The van der Waals surface area contributed by atoms with Gasteiger partial charge in [-0.05, 0) is 72.4 Å². The highest BCUT2D eigenvalue weighted by atomic mass is 32.2. The van der Waals surface area contributed by atoms with Gasteiger partial charge in [-0.2, -0.15) is 12.7 Å². The van der Waals surface area contributed by atoms with Crippen LogP contribution in [0.25, 0.3) is 10.9 Å². The highest BCUT2D eigenvalue weighted by molar-refractivity contribution is 7.87. The van der Waals surface area contributed by atoms with Gasteiger partial charge in [0, 0.05) is 75.9 Å². The molecule has 0 spiro atoms. The van der Waals surface area contributed by atoms with Gasteiger partial charge in [-0.1, -0.05) is 37.5 Å². The Morgan fingerprint density at radius 3 is 2.46 bits per heavy atom. The molecule has 7 aliphatic rings. The minimum absolute atomic E-state index is 0.0692. The third kappa shape index (κ3) is 5.57. The summed E-state index contributed by atoms with van der Waals surface area (Å²) < 4.78 is 36.8. The van der Waals surface area contributed by atoms with Crippen LogP contribution >= 0.6 is 0 Å². The Labute approximate surface area is 293 Å². The summed E-state index contributed by atoms with van der Waals surface area (Å²) in [5.74, 6) is -1.02. The first-order chi connectivity index (χ1) is 24.1. The Kier molecular flexibility index (Phi) is 8.42. The topological polar surface area (TPSA) is 133 Å². The molecule has 1 aromatic heterocycles. The summed E-state index contributed by atoms with van der Waals surface area (Å²) in [7, 11) is 0.404. The molecule has 3 saturated heterocycles. The number of nitrogens with zero attached hydrogens (tertiary/aromatic N) is 4. The van der Waals surface area contributed by atoms with Gasteiger partial charge < -0.3 is 24.4 Å². The molecule has 5 heterocycles. The van der Waals surface area contributed by atoms with E-state index < -0.39 is 34.0 Å². The first-order valence-electron chi connectivity index (χ1n) is 18.0. The van der Waals surface area contributed by atoms with Crippen LogP contribution in [0.3, 0.4) is 0 Å². The SMILES string of the molecule is COc1ccc(C2CCCCC2)c2c1cc1n2CC2=C(C(=O)NS(=O)(=O)N(C)C)C2=C2C=CC[C@@H](NC(=O)C(=O)N3CCN4CCC3CC4)C21. The maximum atomic E-state index is 13.9. The molecule has 3 aliphatic carbocycles. The first kappa shape index (κ1) is 33.2. The number of hydrogen-bond donors (Lipinski definition) is 2. The Morgan fingerprint density at radius 2 is 1.74 bits per heavy atom. The average molecular weight is 703 g/mol. The summed E-state index contributed by atoms with van der Waals surface area (Å²) in [6.07, 6.45) is 12.0. The number of rotatable bonds is 6. The second-order valence-electron chi connectivity index (χ2n) is 14.8. The van der Waals surface area contributed by atoms with Crippen molar-refractivity contribution in [3.8, 4) is 5.75 Å². The number of piperidine rings is 1. The number of carbonyl (C=O) groups excluding carboxylic acids is 3. The smallest absolute Gasteiger partial charge is 0.312 e. The Morgan fingerprint density at radius 1 is 0.980 bits per heavy atom. The summed E-state index contributed by atoms with van der Waals surface area (Å²) in [6, 6.07) is 5.98. The predicted molar refractivity (Wildman–Crippen MR) is 189 cm³/mol. The molecule has 50 heavy (non-hydrogen) atoms. The molecular weight excluding hydrogens is 657 g/mol. The first-order valence-corrected chi connectivity index (χ1v) is 19.4. The maximum Gasteiger partial charge on any atom is 0.312 e. The number of carbonyl (C=O) groups is 3. The Bertz CT molecular complexity index is 1980. The highest BCUT2D eigenvalue weighted by Gasteiger charge is 2.47. The molecule has 2 atom stereocenters. The van der Waals surface area contributed by atoms with E-state index in [9.17, 15) is 22.8 Å². The quantitative estimate of drug-likeness (QED) is 0.443. The predicted octanol–water partition coefficient (Wildman–Crippen LogP) is 3.08. The molecule has 4 fully saturated rings. The van der Waals surface area contributed by atoms with Crippen LogP contribution < -0.4 is 14.8 Å². The number of benzene rings is 1. The molecular formula is C37H46N6O6S. The second-order valence-corrected chi connectivity index (χ2v) is 16.7. The van der Waals surface area contributed by atoms with Crippen molar-refractivity contribution in [2.24, 2.45) is 0 Å². The molecule has 13 heteroatoms. The van der Waals surface area contributed by atoms with Gasteiger partial charge >= 0.3 is 22.0 Å². The van der Waals surface area contributed by atoms with E-state index in [0.717, 1.165) is 88.7 Å². The number of fused-ring (bicyclic) bond motifs is 10. The van der Waals surface area contributed by atoms with E-state index >= 15 is 0 Å². The molecule has 1 saturated carbocycles. The minimum atomic E-state index is -4.02. The van der Waals surface area contributed by atoms with Crippen LogP contribution in [0.1, 0.15) is 74.5 Å². The normalized spacial score (nSPS) is 26.3. The van der Waals surface area contributed by atoms with E-state index in [0.29, 0.717) is 31.0 Å². The molecule has 3 amide bonds. The minimum Gasteiger partial charge on any atom is -0.496 e. The average Bonchev–Trinajstić information content (AvgIpc) is 3.84. The Balaban J connectivity index is 1.22. The number of aromatic nitrogens is 1. The lowest BCUT2D eigenvalue weighted by Gasteiger charge is -2.34. The van der Waals surface area contributed by atoms with Crippen molar-refractivity contribution in [2.75, 3.05) is 47.4 Å². The molecule has 9 rings (SSSR count). The van der Waals surface area contributed by atoms with Crippen LogP contribution in [0.15, 0.2) is 52.6 Å². The van der Waals surface area contributed by atoms with E-state index in [1.165, 1.54) is 38.9 Å². The molecule has 266 valence electrons. The van der Waals surface area contributed by atoms with Crippen molar-refractivity contribution in [1.82, 2.24) is 28.7 Å². The van der Waals surface area contributed by atoms with Crippen LogP contribution in [0, 0.1) is 0 Å². The molecule has 2 aromatic rings. The van der Waals surface area contributed by atoms with E-state index in [1.807, 2.05) is 18.2 Å². The fourth-order valence-electron chi connectivity index (χ4n) is 9.18. The molecule has 4 aliphatic heterocycles. The lowest BCUT2D eigenvalue weighted by atomic mass is 9.81. The summed E-state index contributed by atoms with van der Waals surface area (Å²) in [5.41, 5.74) is 6.01. The Hall–Kier alpha value is -3.94. The van der Waals surface area contributed by atoms with Crippen molar-refractivity contribution < 1.29 is 27.5 Å². The molecule has 1 unspecified atom stereocenters. The van der Waals surface area contributed by atoms with Crippen LogP contribution in [-0.2, 0) is 31.1 Å². The zero-order valence-corrected chi connectivity index (χ0v) is 29.9. The van der Waals surface area contributed by atoms with Crippen molar-refractivity contribution in [2.45, 2.75) is 81.8 Å². The summed E-state index contributed by atoms with van der Waals surface area (Å²) >= 11 is 0. The van der Waals surface area contributed by atoms with Gasteiger partial charge in [-0.25, -0.2) is 4.72 Å². The molecule has 12 nitrogen and oxygen atoms in total. The van der Waals surface area contributed by atoms with Gasteiger partial charge in [0.05, 0.1) is 18.2 Å². The van der Waals surface area contributed by atoms with Crippen molar-refractivity contribution in [3.63, 3.8) is 0 Å². The number of methoxy groups -OCH3 is 1.